The van der Waals surface area contributed by atoms with Crippen molar-refractivity contribution in [3.8, 4) is 0 Å². The summed E-state index contributed by atoms with van der Waals surface area (Å²) in [5.41, 5.74) is 1.97. The molecule has 0 bridgehead atoms. The lowest BCUT2D eigenvalue weighted by molar-refractivity contribution is 0.261. The lowest BCUT2D eigenvalue weighted by Crippen LogP contribution is -2.40. The van der Waals surface area contributed by atoms with Crippen LogP contribution < -0.4 is 5.32 Å². The summed E-state index contributed by atoms with van der Waals surface area (Å²) < 4.78 is 27.7. The second kappa shape index (κ2) is 5.97. The molecule has 2 aliphatic rings. The monoisotopic (exact) mass is 308 g/mol. The van der Waals surface area contributed by atoms with Gasteiger partial charge in [0.1, 0.15) is 0 Å². The number of sulfonamides is 1. The molecule has 0 spiro atoms. The van der Waals surface area contributed by atoms with Gasteiger partial charge in [-0.1, -0.05) is 19.4 Å². The first kappa shape index (κ1) is 14.9. The quantitative estimate of drug-likeness (QED) is 0.934. The molecule has 116 valence electrons. The van der Waals surface area contributed by atoms with E-state index in [0.717, 1.165) is 49.9 Å². The summed E-state index contributed by atoms with van der Waals surface area (Å²) in [4.78, 5) is 0.518. The van der Waals surface area contributed by atoms with Gasteiger partial charge in [-0.15, -0.1) is 0 Å². The van der Waals surface area contributed by atoms with E-state index in [1.807, 2.05) is 12.1 Å². The van der Waals surface area contributed by atoms with Crippen LogP contribution in [0.2, 0.25) is 0 Å². The molecule has 21 heavy (non-hydrogen) atoms. The van der Waals surface area contributed by atoms with Crippen LogP contribution in [0.1, 0.15) is 38.2 Å². The van der Waals surface area contributed by atoms with Gasteiger partial charge >= 0.3 is 0 Å². The Morgan fingerprint density at radius 2 is 2.19 bits per heavy atom. The van der Waals surface area contributed by atoms with Crippen molar-refractivity contribution in [3.05, 3.63) is 23.8 Å². The molecule has 0 amide bonds. The van der Waals surface area contributed by atoms with Crippen LogP contribution in [-0.2, 0) is 16.4 Å². The predicted octanol–water partition coefficient (Wildman–Crippen LogP) is 2.86. The Kier molecular flexibility index (Phi) is 4.22. The lowest BCUT2D eigenvalue weighted by atomic mass is 9.97. The smallest absolute Gasteiger partial charge is 0.243 e. The largest absolute Gasteiger partial charge is 0.385 e. The number of fused-ring (bicyclic) bond motifs is 1. The predicted molar refractivity (Wildman–Crippen MR) is 85.0 cm³/mol. The minimum atomic E-state index is -3.35. The van der Waals surface area contributed by atoms with Gasteiger partial charge in [-0.25, -0.2) is 8.42 Å². The van der Waals surface area contributed by atoms with Crippen molar-refractivity contribution in [3.63, 3.8) is 0 Å². The summed E-state index contributed by atoms with van der Waals surface area (Å²) in [5, 5.41) is 3.32. The second-order valence-corrected chi connectivity index (χ2v) is 8.00. The molecular weight excluding hydrogens is 284 g/mol. The van der Waals surface area contributed by atoms with E-state index < -0.39 is 10.0 Å². The van der Waals surface area contributed by atoms with E-state index in [1.165, 1.54) is 0 Å². The minimum Gasteiger partial charge on any atom is -0.385 e. The van der Waals surface area contributed by atoms with Crippen LogP contribution in [0.25, 0.3) is 0 Å². The Bertz CT molecular complexity index is 613. The molecule has 1 unspecified atom stereocenters. The molecule has 0 saturated carbocycles. The number of nitrogens with one attached hydrogen (secondary N) is 1. The molecule has 1 N–H and O–H groups in total. The summed E-state index contributed by atoms with van der Waals surface area (Å²) in [6.45, 7) is 4.42. The van der Waals surface area contributed by atoms with Gasteiger partial charge in [0.25, 0.3) is 0 Å². The third-order valence-electron chi connectivity index (χ3n) is 4.73. The van der Waals surface area contributed by atoms with E-state index in [2.05, 4.69) is 12.2 Å². The Labute approximate surface area is 127 Å². The number of piperidine rings is 1. The van der Waals surface area contributed by atoms with Crippen molar-refractivity contribution in [2.45, 2.75) is 43.9 Å². The summed E-state index contributed by atoms with van der Waals surface area (Å²) in [5.74, 6) is 0.506. The van der Waals surface area contributed by atoms with Crippen LogP contribution in [0.4, 0.5) is 5.69 Å². The summed E-state index contributed by atoms with van der Waals surface area (Å²) in [6.07, 6.45) is 5.03. The SMILES string of the molecule is CCC1CCCN(S(=O)(=O)c2cccc3c2CCCN3)C1. The Balaban J connectivity index is 1.95. The van der Waals surface area contributed by atoms with E-state index in [4.69, 9.17) is 0 Å². The van der Waals surface area contributed by atoms with E-state index in [1.54, 1.807) is 10.4 Å². The molecule has 2 aliphatic heterocycles. The van der Waals surface area contributed by atoms with Crippen molar-refractivity contribution >= 4 is 15.7 Å². The standard InChI is InChI=1S/C16H24N2O2S/c1-2-13-6-5-11-18(12-13)21(19,20)16-9-3-8-15-14(16)7-4-10-17-15/h3,8-9,13,17H,2,4-7,10-12H2,1H3. The highest BCUT2D eigenvalue weighted by atomic mass is 32.2. The number of anilines is 1. The first-order valence-electron chi connectivity index (χ1n) is 7.99. The molecule has 1 aromatic carbocycles. The molecular formula is C16H24N2O2S. The fraction of sp³-hybridized carbons (Fsp3) is 0.625. The fourth-order valence-electron chi connectivity index (χ4n) is 3.44. The Hall–Kier alpha value is -1.07. The van der Waals surface area contributed by atoms with Gasteiger partial charge in [-0.3, -0.25) is 0 Å². The first-order valence-corrected chi connectivity index (χ1v) is 9.43. The third-order valence-corrected chi connectivity index (χ3v) is 6.68. The van der Waals surface area contributed by atoms with Crippen LogP contribution in [-0.4, -0.2) is 32.4 Å². The highest BCUT2D eigenvalue weighted by Crippen LogP contribution is 2.32. The third kappa shape index (κ3) is 2.81. The molecule has 2 heterocycles. The van der Waals surface area contributed by atoms with Crippen LogP contribution in [0.15, 0.2) is 23.1 Å². The normalized spacial score (nSPS) is 23.4. The van der Waals surface area contributed by atoms with Crippen molar-refractivity contribution in [2.24, 2.45) is 5.92 Å². The molecule has 0 aliphatic carbocycles. The van der Waals surface area contributed by atoms with E-state index in [0.29, 0.717) is 23.9 Å². The van der Waals surface area contributed by atoms with Crippen molar-refractivity contribution in [1.29, 1.82) is 0 Å². The average molecular weight is 308 g/mol. The molecule has 1 saturated heterocycles. The summed E-state index contributed by atoms with van der Waals surface area (Å²) >= 11 is 0. The van der Waals surface area contributed by atoms with Crippen LogP contribution in [0, 0.1) is 5.92 Å². The number of hydrogen-bond donors (Lipinski definition) is 1. The molecule has 3 rings (SSSR count). The van der Waals surface area contributed by atoms with Crippen LogP contribution in [0.3, 0.4) is 0 Å². The maximum absolute atomic E-state index is 13.0. The van der Waals surface area contributed by atoms with Gasteiger partial charge in [0.2, 0.25) is 10.0 Å². The Morgan fingerprint density at radius 3 is 3.00 bits per heavy atom. The van der Waals surface area contributed by atoms with Crippen molar-refractivity contribution < 1.29 is 8.42 Å². The van der Waals surface area contributed by atoms with Gasteiger partial charge in [-0.05, 0) is 49.3 Å². The molecule has 1 atom stereocenters. The zero-order valence-electron chi connectivity index (χ0n) is 12.6. The maximum Gasteiger partial charge on any atom is 0.243 e. The van der Waals surface area contributed by atoms with Gasteiger partial charge in [0, 0.05) is 25.3 Å². The summed E-state index contributed by atoms with van der Waals surface area (Å²) in [7, 11) is -3.35. The molecule has 5 heteroatoms. The topological polar surface area (TPSA) is 49.4 Å². The lowest BCUT2D eigenvalue weighted by Gasteiger charge is -2.32. The summed E-state index contributed by atoms with van der Waals surface area (Å²) in [6, 6.07) is 5.61. The molecule has 0 radical (unpaired) electrons. The van der Waals surface area contributed by atoms with Gasteiger partial charge < -0.3 is 5.32 Å². The van der Waals surface area contributed by atoms with E-state index in [9.17, 15) is 8.42 Å². The highest BCUT2D eigenvalue weighted by Gasteiger charge is 2.32. The van der Waals surface area contributed by atoms with E-state index >= 15 is 0 Å². The second-order valence-electron chi connectivity index (χ2n) is 6.09. The minimum absolute atomic E-state index is 0.506. The van der Waals surface area contributed by atoms with Crippen LogP contribution in [0.5, 0.6) is 0 Å². The molecule has 1 fully saturated rings. The highest BCUT2D eigenvalue weighted by molar-refractivity contribution is 7.89. The Morgan fingerprint density at radius 1 is 1.33 bits per heavy atom. The molecule has 4 nitrogen and oxygen atoms in total. The number of hydrogen-bond acceptors (Lipinski definition) is 3. The van der Waals surface area contributed by atoms with Gasteiger partial charge in [0.15, 0.2) is 0 Å². The van der Waals surface area contributed by atoms with Crippen LogP contribution >= 0.6 is 0 Å². The zero-order valence-corrected chi connectivity index (χ0v) is 13.5. The first-order chi connectivity index (χ1) is 10.1. The fourth-order valence-corrected chi connectivity index (χ4v) is 5.27. The molecule has 1 aromatic rings. The zero-order chi connectivity index (χ0) is 14.9. The van der Waals surface area contributed by atoms with Gasteiger partial charge in [0.05, 0.1) is 4.90 Å². The number of rotatable bonds is 3. The number of nitrogens with zero attached hydrogens (tertiary/aromatic N) is 1. The van der Waals surface area contributed by atoms with Crippen molar-refractivity contribution in [1.82, 2.24) is 4.31 Å². The van der Waals surface area contributed by atoms with E-state index in [-0.39, 0.29) is 0 Å². The van der Waals surface area contributed by atoms with Gasteiger partial charge in [-0.2, -0.15) is 4.31 Å². The maximum atomic E-state index is 13.0. The molecule has 0 aromatic heterocycles. The van der Waals surface area contributed by atoms with Crippen molar-refractivity contribution in [2.75, 3.05) is 25.0 Å². The number of benzene rings is 1. The average Bonchev–Trinajstić information content (AvgIpc) is 2.54.